The molecule has 0 saturated carbocycles. The van der Waals surface area contributed by atoms with Gasteiger partial charge in [-0.1, -0.05) is 0 Å². The number of aliphatic hydroxyl groups is 1. The molecule has 1 unspecified atom stereocenters. The molecule has 2 rings (SSSR count). The first-order valence-corrected chi connectivity index (χ1v) is 6.45. The molecule has 96 valence electrons. The zero-order valence-corrected chi connectivity index (χ0v) is 10.7. The van der Waals surface area contributed by atoms with Crippen LogP contribution < -0.4 is 0 Å². The zero-order valence-electron chi connectivity index (χ0n) is 10.7. The average molecular weight is 238 g/mol. The predicted molar refractivity (Wildman–Crippen MR) is 66.0 cm³/mol. The summed E-state index contributed by atoms with van der Waals surface area (Å²) in [6.45, 7) is 3.53. The van der Waals surface area contributed by atoms with Gasteiger partial charge in [-0.2, -0.15) is 5.10 Å². The van der Waals surface area contributed by atoms with Gasteiger partial charge in [0.2, 0.25) is 0 Å². The van der Waals surface area contributed by atoms with Crippen LogP contribution in [0, 0.1) is 0 Å². The summed E-state index contributed by atoms with van der Waals surface area (Å²) in [5, 5.41) is 14.0. The van der Waals surface area contributed by atoms with E-state index in [2.05, 4.69) is 11.3 Å². The van der Waals surface area contributed by atoms with E-state index in [0.29, 0.717) is 5.92 Å². The fourth-order valence-corrected chi connectivity index (χ4v) is 2.43. The zero-order chi connectivity index (χ0) is 12.3. The van der Waals surface area contributed by atoms with Crippen LogP contribution in [0.15, 0.2) is 6.20 Å². The molecule has 17 heavy (non-hydrogen) atoms. The van der Waals surface area contributed by atoms with Crippen molar-refractivity contribution in [3.63, 3.8) is 0 Å². The molecular formula is C13H22N2O2. The molecule has 1 aromatic rings. The third kappa shape index (κ3) is 3.30. The number of aromatic nitrogens is 2. The van der Waals surface area contributed by atoms with E-state index in [-0.39, 0.29) is 6.10 Å². The van der Waals surface area contributed by atoms with E-state index in [1.165, 1.54) is 11.3 Å². The number of ether oxygens (including phenoxy) is 1. The van der Waals surface area contributed by atoms with Crippen molar-refractivity contribution >= 4 is 0 Å². The quantitative estimate of drug-likeness (QED) is 0.867. The lowest BCUT2D eigenvalue weighted by atomic mass is 9.92. The van der Waals surface area contributed by atoms with E-state index in [0.717, 1.165) is 38.9 Å². The summed E-state index contributed by atoms with van der Waals surface area (Å²) in [5.74, 6) is 0.536. The number of nitrogens with zero attached hydrogens (tertiary/aromatic N) is 2. The Balaban J connectivity index is 2.08. The minimum Gasteiger partial charge on any atom is -0.393 e. The first-order valence-electron chi connectivity index (χ1n) is 6.45. The Labute approximate surface area is 103 Å². The second-order valence-corrected chi connectivity index (χ2v) is 4.99. The molecule has 0 bridgehead atoms. The Kier molecular flexibility index (Phi) is 4.18. The van der Waals surface area contributed by atoms with Crippen molar-refractivity contribution in [1.29, 1.82) is 0 Å². The average Bonchev–Trinajstić information content (AvgIpc) is 2.69. The van der Waals surface area contributed by atoms with Gasteiger partial charge in [0.1, 0.15) is 0 Å². The molecule has 1 aromatic heterocycles. The first-order chi connectivity index (χ1) is 8.16. The van der Waals surface area contributed by atoms with E-state index in [1.54, 1.807) is 0 Å². The Morgan fingerprint density at radius 2 is 2.24 bits per heavy atom. The summed E-state index contributed by atoms with van der Waals surface area (Å²) in [7, 11) is 1.97. The first kappa shape index (κ1) is 12.6. The van der Waals surface area contributed by atoms with Crippen molar-refractivity contribution in [2.24, 2.45) is 7.05 Å². The Bertz CT molecular complexity index is 354. The fraction of sp³-hybridized carbons (Fsp3) is 0.769. The molecule has 2 heterocycles. The van der Waals surface area contributed by atoms with Crippen molar-refractivity contribution in [2.75, 3.05) is 13.2 Å². The number of hydrogen-bond acceptors (Lipinski definition) is 3. The third-order valence-corrected chi connectivity index (χ3v) is 3.38. The summed E-state index contributed by atoms with van der Waals surface area (Å²) in [6, 6.07) is 0. The largest absolute Gasteiger partial charge is 0.393 e. The summed E-state index contributed by atoms with van der Waals surface area (Å²) in [6.07, 6.45) is 5.71. The molecule has 0 spiro atoms. The SMILES string of the molecule is CC(O)CCc1cn(C)nc1C1CCOCC1. The molecule has 0 aromatic carbocycles. The second kappa shape index (κ2) is 5.65. The molecule has 0 radical (unpaired) electrons. The molecule has 1 aliphatic rings. The molecule has 1 aliphatic heterocycles. The molecule has 4 heteroatoms. The predicted octanol–water partition coefficient (Wildman–Crippen LogP) is 1.63. The van der Waals surface area contributed by atoms with Gasteiger partial charge in [0.25, 0.3) is 0 Å². The number of aliphatic hydroxyl groups excluding tert-OH is 1. The molecular weight excluding hydrogens is 216 g/mol. The van der Waals surface area contributed by atoms with Crippen LogP contribution in [0.25, 0.3) is 0 Å². The molecule has 0 aliphatic carbocycles. The van der Waals surface area contributed by atoms with E-state index in [4.69, 9.17) is 4.74 Å². The highest BCUT2D eigenvalue weighted by molar-refractivity contribution is 5.22. The molecule has 1 N–H and O–H groups in total. The van der Waals surface area contributed by atoms with Gasteiger partial charge < -0.3 is 9.84 Å². The van der Waals surface area contributed by atoms with Crippen molar-refractivity contribution in [2.45, 2.75) is 44.6 Å². The standard InChI is InChI=1S/C13H22N2O2/c1-10(16)3-4-12-9-15(2)14-13(12)11-5-7-17-8-6-11/h9-11,16H,3-8H2,1-2H3. The highest BCUT2D eigenvalue weighted by atomic mass is 16.5. The monoisotopic (exact) mass is 238 g/mol. The minimum absolute atomic E-state index is 0.238. The number of rotatable bonds is 4. The van der Waals surface area contributed by atoms with Gasteiger partial charge >= 0.3 is 0 Å². The maximum atomic E-state index is 9.37. The van der Waals surface area contributed by atoms with Crippen molar-refractivity contribution in [3.8, 4) is 0 Å². The van der Waals surface area contributed by atoms with Crippen molar-refractivity contribution < 1.29 is 9.84 Å². The van der Waals surface area contributed by atoms with Crippen LogP contribution in [-0.2, 0) is 18.2 Å². The van der Waals surface area contributed by atoms with Gasteiger partial charge in [-0.3, -0.25) is 4.68 Å². The third-order valence-electron chi connectivity index (χ3n) is 3.38. The van der Waals surface area contributed by atoms with Crippen LogP contribution in [0.1, 0.15) is 43.4 Å². The van der Waals surface area contributed by atoms with Gasteiger partial charge in [-0.05, 0) is 38.2 Å². The second-order valence-electron chi connectivity index (χ2n) is 4.99. The van der Waals surface area contributed by atoms with Crippen LogP contribution in [0.5, 0.6) is 0 Å². The number of aryl methyl sites for hydroxylation is 2. The lowest BCUT2D eigenvalue weighted by Gasteiger charge is -2.21. The maximum absolute atomic E-state index is 9.37. The number of hydrogen-bond donors (Lipinski definition) is 1. The molecule has 1 saturated heterocycles. The summed E-state index contributed by atoms with van der Waals surface area (Å²) in [4.78, 5) is 0. The maximum Gasteiger partial charge on any atom is 0.0689 e. The van der Waals surface area contributed by atoms with E-state index in [1.807, 2.05) is 18.7 Å². The summed E-state index contributed by atoms with van der Waals surface area (Å²) < 4.78 is 7.28. The highest BCUT2D eigenvalue weighted by Gasteiger charge is 2.21. The lowest BCUT2D eigenvalue weighted by molar-refractivity contribution is 0.0841. The van der Waals surface area contributed by atoms with Gasteiger partial charge in [-0.15, -0.1) is 0 Å². The molecule has 0 amide bonds. The normalized spacial score (nSPS) is 19.5. The van der Waals surface area contributed by atoms with E-state index < -0.39 is 0 Å². The van der Waals surface area contributed by atoms with Crippen LogP contribution in [0.4, 0.5) is 0 Å². The van der Waals surface area contributed by atoms with Crippen molar-refractivity contribution in [3.05, 3.63) is 17.5 Å². The Morgan fingerprint density at radius 1 is 1.53 bits per heavy atom. The van der Waals surface area contributed by atoms with Gasteiger partial charge in [0.05, 0.1) is 11.8 Å². The molecule has 1 atom stereocenters. The minimum atomic E-state index is -0.238. The Morgan fingerprint density at radius 3 is 2.88 bits per heavy atom. The smallest absolute Gasteiger partial charge is 0.0689 e. The van der Waals surface area contributed by atoms with Crippen molar-refractivity contribution in [1.82, 2.24) is 9.78 Å². The van der Waals surface area contributed by atoms with Crippen LogP contribution in [-0.4, -0.2) is 34.2 Å². The fourth-order valence-electron chi connectivity index (χ4n) is 2.43. The van der Waals surface area contributed by atoms with Crippen LogP contribution >= 0.6 is 0 Å². The lowest BCUT2D eigenvalue weighted by Crippen LogP contribution is -2.16. The highest BCUT2D eigenvalue weighted by Crippen LogP contribution is 2.28. The van der Waals surface area contributed by atoms with E-state index in [9.17, 15) is 5.11 Å². The Hall–Kier alpha value is -0.870. The van der Waals surface area contributed by atoms with Crippen LogP contribution in [0.3, 0.4) is 0 Å². The topological polar surface area (TPSA) is 47.3 Å². The molecule has 1 fully saturated rings. The molecule has 4 nitrogen and oxygen atoms in total. The van der Waals surface area contributed by atoms with Gasteiger partial charge in [0, 0.05) is 32.4 Å². The summed E-state index contributed by atoms with van der Waals surface area (Å²) >= 11 is 0. The van der Waals surface area contributed by atoms with Gasteiger partial charge in [0.15, 0.2) is 0 Å². The van der Waals surface area contributed by atoms with E-state index >= 15 is 0 Å². The summed E-state index contributed by atoms with van der Waals surface area (Å²) in [5.41, 5.74) is 2.51. The van der Waals surface area contributed by atoms with Crippen LogP contribution in [0.2, 0.25) is 0 Å². The van der Waals surface area contributed by atoms with Gasteiger partial charge in [-0.25, -0.2) is 0 Å².